The van der Waals surface area contributed by atoms with Gasteiger partial charge in [0.1, 0.15) is 4.60 Å². The summed E-state index contributed by atoms with van der Waals surface area (Å²) in [7, 11) is 1.82. The highest BCUT2D eigenvalue weighted by Crippen LogP contribution is 2.48. The van der Waals surface area contributed by atoms with Gasteiger partial charge in [0.05, 0.1) is 11.3 Å². The number of nitrogens with one attached hydrogen (secondary N) is 1. The van der Waals surface area contributed by atoms with Crippen LogP contribution in [0.3, 0.4) is 0 Å². The third kappa shape index (κ3) is 2.61. The number of hydrogen-bond acceptors (Lipinski definition) is 2. The molecule has 1 heterocycles. The molecule has 1 atom stereocenters. The lowest BCUT2D eigenvalue weighted by Gasteiger charge is -2.19. The van der Waals surface area contributed by atoms with Crippen molar-refractivity contribution < 1.29 is 4.79 Å². The minimum absolute atomic E-state index is 0.118. The Morgan fingerprint density at radius 2 is 2.13 bits per heavy atom. The van der Waals surface area contributed by atoms with Gasteiger partial charge in [-0.1, -0.05) is 32.9 Å². The molecule has 0 spiro atoms. The fraction of sp³-hybridized carbons (Fsp3) is 0.444. The molecule has 0 bridgehead atoms. The molecule has 4 nitrogen and oxygen atoms in total. The van der Waals surface area contributed by atoms with E-state index in [0.29, 0.717) is 16.1 Å². The van der Waals surface area contributed by atoms with Crippen LogP contribution in [0.25, 0.3) is 0 Å². The fourth-order valence-corrected chi connectivity index (χ4v) is 4.39. The highest BCUT2D eigenvalue weighted by molar-refractivity contribution is 9.10. The summed E-state index contributed by atoms with van der Waals surface area (Å²) in [5, 5.41) is 7.39. The molecular formula is C18H22BrN3O. The standard InChI is InChI=1S/C18H22BrN3O/c1-10-9-18(3,4)12-7-6-8-13(14(10)12)20-17(23)15-11(2)21-22(5)16(15)19/h6-8,10H,9H2,1-5H3,(H,20,23). The summed E-state index contributed by atoms with van der Waals surface area (Å²) in [6.07, 6.45) is 1.10. The average molecular weight is 376 g/mol. The Morgan fingerprint density at radius 3 is 2.74 bits per heavy atom. The number of carbonyl (C=O) groups is 1. The molecule has 5 heteroatoms. The van der Waals surface area contributed by atoms with E-state index in [1.807, 2.05) is 26.1 Å². The number of halogens is 1. The number of aromatic nitrogens is 2. The SMILES string of the molecule is Cc1nn(C)c(Br)c1C(=O)Nc1cccc2c1C(C)CC2(C)C. The Labute approximate surface area is 145 Å². The van der Waals surface area contributed by atoms with Crippen LogP contribution in [0.5, 0.6) is 0 Å². The molecule has 1 N–H and O–H groups in total. The number of anilines is 1. The number of nitrogens with zero attached hydrogens (tertiary/aromatic N) is 2. The van der Waals surface area contributed by atoms with E-state index < -0.39 is 0 Å². The quantitative estimate of drug-likeness (QED) is 0.837. The van der Waals surface area contributed by atoms with Crippen molar-refractivity contribution in [3.8, 4) is 0 Å². The Morgan fingerprint density at radius 1 is 1.43 bits per heavy atom. The minimum atomic E-state index is -0.118. The fourth-order valence-electron chi connectivity index (χ4n) is 3.85. The van der Waals surface area contributed by atoms with E-state index in [2.05, 4.69) is 53.2 Å². The lowest BCUT2D eigenvalue weighted by molar-refractivity contribution is 0.102. The second-order valence-corrected chi connectivity index (χ2v) is 7.84. The second-order valence-electron chi connectivity index (χ2n) is 7.08. The van der Waals surface area contributed by atoms with Crippen LogP contribution in [0.15, 0.2) is 22.8 Å². The van der Waals surface area contributed by atoms with E-state index in [9.17, 15) is 4.79 Å². The van der Waals surface area contributed by atoms with Crippen LogP contribution >= 0.6 is 15.9 Å². The summed E-state index contributed by atoms with van der Waals surface area (Å²) in [6, 6.07) is 6.20. The summed E-state index contributed by atoms with van der Waals surface area (Å²) in [4.78, 5) is 12.7. The van der Waals surface area contributed by atoms with Gasteiger partial charge in [-0.2, -0.15) is 5.10 Å². The first-order chi connectivity index (χ1) is 10.7. The molecule has 3 rings (SSSR count). The molecule has 23 heavy (non-hydrogen) atoms. The molecule has 0 fully saturated rings. The van der Waals surface area contributed by atoms with Gasteiger partial charge >= 0.3 is 0 Å². The number of aryl methyl sites for hydroxylation is 2. The van der Waals surface area contributed by atoms with Crippen LogP contribution in [-0.4, -0.2) is 15.7 Å². The first kappa shape index (κ1) is 16.2. The summed E-state index contributed by atoms with van der Waals surface area (Å²) < 4.78 is 2.37. The molecule has 2 aromatic rings. The van der Waals surface area contributed by atoms with Crippen molar-refractivity contribution >= 4 is 27.5 Å². The predicted molar refractivity (Wildman–Crippen MR) is 96.1 cm³/mol. The van der Waals surface area contributed by atoms with Gasteiger partial charge in [0.25, 0.3) is 5.91 Å². The molecule has 1 aromatic carbocycles. The Balaban J connectivity index is 1.99. The zero-order chi connectivity index (χ0) is 16.9. The highest BCUT2D eigenvalue weighted by atomic mass is 79.9. The van der Waals surface area contributed by atoms with Crippen molar-refractivity contribution in [3.05, 3.63) is 45.2 Å². The van der Waals surface area contributed by atoms with E-state index in [1.54, 1.807) is 4.68 Å². The number of carbonyl (C=O) groups excluding carboxylic acids is 1. The Hall–Kier alpha value is -1.62. The summed E-state index contributed by atoms with van der Waals surface area (Å²) in [5.74, 6) is 0.322. The normalized spacial score (nSPS) is 18.8. The van der Waals surface area contributed by atoms with Gasteiger partial charge in [0.15, 0.2) is 0 Å². The first-order valence-electron chi connectivity index (χ1n) is 7.86. The van der Waals surface area contributed by atoms with Crippen molar-refractivity contribution in [1.82, 2.24) is 9.78 Å². The number of hydrogen-bond donors (Lipinski definition) is 1. The van der Waals surface area contributed by atoms with Crippen LogP contribution in [0.4, 0.5) is 5.69 Å². The topological polar surface area (TPSA) is 46.9 Å². The molecule has 0 saturated carbocycles. The van der Waals surface area contributed by atoms with Gasteiger partial charge in [0.2, 0.25) is 0 Å². The molecular weight excluding hydrogens is 354 g/mol. The van der Waals surface area contributed by atoms with E-state index in [4.69, 9.17) is 0 Å². The van der Waals surface area contributed by atoms with E-state index in [-0.39, 0.29) is 11.3 Å². The highest BCUT2D eigenvalue weighted by Gasteiger charge is 2.36. The maximum Gasteiger partial charge on any atom is 0.260 e. The molecule has 0 radical (unpaired) electrons. The largest absolute Gasteiger partial charge is 0.322 e. The molecule has 122 valence electrons. The molecule has 1 aliphatic rings. The molecule has 1 amide bonds. The zero-order valence-electron chi connectivity index (χ0n) is 14.2. The number of benzene rings is 1. The van der Waals surface area contributed by atoms with E-state index >= 15 is 0 Å². The van der Waals surface area contributed by atoms with Gasteiger partial charge in [-0.3, -0.25) is 9.48 Å². The number of fused-ring (bicyclic) bond motifs is 1. The van der Waals surface area contributed by atoms with Crippen molar-refractivity contribution in [2.24, 2.45) is 7.05 Å². The third-order valence-electron chi connectivity index (χ3n) is 4.77. The molecule has 0 aliphatic heterocycles. The number of rotatable bonds is 2. The minimum Gasteiger partial charge on any atom is -0.322 e. The lowest BCUT2D eigenvalue weighted by Crippen LogP contribution is -2.15. The van der Waals surface area contributed by atoms with Crippen LogP contribution < -0.4 is 5.32 Å². The van der Waals surface area contributed by atoms with Crippen LogP contribution in [0.1, 0.15) is 60.3 Å². The Bertz CT molecular complexity index is 792. The summed E-state index contributed by atoms with van der Waals surface area (Å²) >= 11 is 3.45. The van der Waals surface area contributed by atoms with Gasteiger partial charge in [-0.25, -0.2) is 0 Å². The first-order valence-corrected chi connectivity index (χ1v) is 8.65. The molecule has 1 aliphatic carbocycles. The maximum absolute atomic E-state index is 12.7. The molecule has 1 unspecified atom stereocenters. The van der Waals surface area contributed by atoms with Gasteiger partial charge in [-0.05, 0) is 57.8 Å². The van der Waals surface area contributed by atoms with Crippen LogP contribution in [0.2, 0.25) is 0 Å². The average Bonchev–Trinajstić information content (AvgIpc) is 2.84. The van der Waals surface area contributed by atoms with E-state index in [1.165, 1.54) is 11.1 Å². The molecule has 0 saturated heterocycles. The lowest BCUT2D eigenvalue weighted by atomic mass is 9.86. The zero-order valence-corrected chi connectivity index (χ0v) is 15.8. The summed E-state index contributed by atoms with van der Waals surface area (Å²) in [6.45, 7) is 8.61. The van der Waals surface area contributed by atoms with Crippen molar-refractivity contribution in [1.29, 1.82) is 0 Å². The van der Waals surface area contributed by atoms with Crippen LogP contribution in [-0.2, 0) is 12.5 Å². The van der Waals surface area contributed by atoms with E-state index in [0.717, 1.165) is 17.8 Å². The van der Waals surface area contributed by atoms with Crippen molar-refractivity contribution in [3.63, 3.8) is 0 Å². The molecule has 1 aromatic heterocycles. The van der Waals surface area contributed by atoms with Gasteiger partial charge < -0.3 is 5.32 Å². The summed E-state index contributed by atoms with van der Waals surface area (Å²) in [5.41, 5.74) is 4.99. The predicted octanol–water partition coefficient (Wildman–Crippen LogP) is 4.53. The third-order valence-corrected chi connectivity index (χ3v) is 5.68. The Kier molecular flexibility index (Phi) is 3.87. The second kappa shape index (κ2) is 5.48. The van der Waals surface area contributed by atoms with Gasteiger partial charge in [-0.15, -0.1) is 0 Å². The maximum atomic E-state index is 12.7. The number of amides is 1. The van der Waals surface area contributed by atoms with Gasteiger partial charge in [0, 0.05) is 12.7 Å². The van der Waals surface area contributed by atoms with Crippen molar-refractivity contribution in [2.75, 3.05) is 5.32 Å². The van der Waals surface area contributed by atoms with Crippen LogP contribution in [0, 0.1) is 6.92 Å². The smallest absolute Gasteiger partial charge is 0.260 e. The van der Waals surface area contributed by atoms with Crippen molar-refractivity contribution in [2.45, 2.75) is 45.4 Å². The monoisotopic (exact) mass is 375 g/mol.